The standard InChI is InChI=1S/C26H37N3O10/c1-8-13-36-21(32)18(28-24(35)39-26(5,6)7)14-16-9-11-17(12-10-16)37-23(34)29-19(20(30)31)15-27-22(33)38-25(2,3)4/h8-12,18-19H,1,13-15H2,2-7H3,(H,27,33)(H,28,35)(H,29,34)(H,30,31)/t18-,19-/m0/s1. The summed E-state index contributed by atoms with van der Waals surface area (Å²) < 4.78 is 20.4. The largest absolute Gasteiger partial charge is 0.480 e. The fraction of sp³-hybridized carbons (Fsp3) is 0.500. The van der Waals surface area contributed by atoms with E-state index in [0.29, 0.717) is 5.56 Å². The zero-order valence-electron chi connectivity index (χ0n) is 23.0. The molecule has 39 heavy (non-hydrogen) atoms. The van der Waals surface area contributed by atoms with Gasteiger partial charge in [0, 0.05) is 6.42 Å². The van der Waals surface area contributed by atoms with Crippen molar-refractivity contribution in [3.63, 3.8) is 0 Å². The molecule has 0 bridgehead atoms. The normalized spacial score (nSPS) is 12.7. The second-order valence-electron chi connectivity index (χ2n) is 10.3. The van der Waals surface area contributed by atoms with Gasteiger partial charge in [-0.05, 0) is 59.2 Å². The first-order valence-electron chi connectivity index (χ1n) is 12.0. The highest BCUT2D eigenvalue weighted by atomic mass is 16.6. The molecule has 0 saturated heterocycles. The summed E-state index contributed by atoms with van der Waals surface area (Å²) in [7, 11) is 0. The van der Waals surface area contributed by atoms with Crippen LogP contribution in [-0.2, 0) is 30.2 Å². The molecule has 0 aliphatic carbocycles. The summed E-state index contributed by atoms with van der Waals surface area (Å²) in [5.41, 5.74) is -0.965. The van der Waals surface area contributed by atoms with Crippen LogP contribution in [0.3, 0.4) is 0 Å². The number of carbonyl (C=O) groups is 5. The molecule has 0 aliphatic heterocycles. The third kappa shape index (κ3) is 14.3. The molecule has 216 valence electrons. The number of ether oxygens (including phenoxy) is 4. The molecule has 4 N–H and O–H groups in total. The van der Waals surface area contributed by atoms with Gasteiger partial charge in [-0.2, -0.15) is 0 Å². The number of carbonyl (C=O) groups excluding carboxylic acids is 4. The fourth-order valence-corrected chi connectivity index (χ4v) is 2.79. The summed E-state index contributed by atoms with van der Waals surface area (Å²) in [5.74, 6) is -2.02. The van der Waals surface area contributed by atoms with Crippen LogP contribution in [0.15, 0.2) is 36.9 Å². The molecule has 3 amide bonds. The van der Waals surface area contributed by atoms with Crippen molar-refractivity contribution in [2.24, 2.45) is 0 Å². The van der Waals surface area contributed by atoms with E-state index in [-0.39, 0.29) is 18.8 Å². The average molecular weight is 552 g/mol. The summed E-state index contributed by atoms with van der Waals surface area (Å²) in [6, 6.07) is 3.39. The SMILES string of the molecule is C=CCOC(=O)[C@H](Cc1ccc(OC(=O)N[C@@H](CNC(=O)OC(C)(C)C)C(=O)O)cc1)NC(=O)OC(C)(C)C. The van der Waals surface area contributed by atoms with Crippen LogP contribution in [0.1, 0.15) is 47.1 Å². The minimum absolute atomic E-state index is 0.0408. The van der Waals surface area contributed by atoms with Gasteiger partial charge in [-0.15, -0.1) is 0 Å². The minimum atomic E-state index is -1.48. The van der Waals surface area contributed by atoms with Gasteiger partial charge in [0.25, 0.3) is 0 Å². The maximum Gasteiger partial charge on any atom is 0.413 e. The third-order valence-electron chi connectivity index (χ3n) is 4.33. The molecule has 0 saturated carbocycles. The molecule has 0 heterocycles. The summed E-state index contributed by atoms with van der Waals surface area (Å²) in [4.78, 5) is 60.1. The van der Waals surface area contributed by atoms with E-state index in [1.54, 1.807) is 53.7 Å². The summed E-state index contributed by atoms with van der Waals surface area (Å²) in [6.07, 6.45) is -1.28. The predicted octanol–water partition coefficient (Wildman–Crippen LogP) is 2.92. The first-order chi connectivity index (χ1) is 18.0. The Kier molecular flexibility index (Phi) is 12.3. The van der Waals surface area contributed by atoms with Crippen LogP contribution in [0.25, 0.3) is 0 Å². The molecule has 0 unspecified atom stereocenters. The van der Waals surface area contributed by atoms with Gasteiger partial charge in [-0.3, -0.25) is 0 Å². The summed E-state index contributed by atoms with van der Waals surface area (Å²) in [6.45, 7) is 13.0. The van der Waals surface area contributed by atoms with Gasteiger partial charge in [0.1, 0.15) is 35.6 Å². The van der Waals surface area contributed by atoms with Crippen molar-refractivity contribution in [3.8, 4) is 5.75 Å². The van der Waals surface area contributed by atoms with Gasteiger partial charge in [-0.1, -0.05) is 24.8 Å². The molecule has 0 radical (unpaired) electrons. The zero-order valence-corrected chi connectivity index (χ0v) is 23.0. The van der Waals surface area contributed by atoms with E-state index in [9.17, 15) is 29.1 Å². The van der Waals surface area contributed by atoms with E-state index in [4.69, 9.17) is 18.9 Å². The Morgan fingerprint density at radius 3 is 1.92 bits per heavy atom. The van der Waals surface area contributed by atoms with Gasteiger partial charge < -0.3 is 40.0 Å². The number of carboxylic acid groups (broad SMARTS) is 1. The lowest BCUT2D eigenvalue weighted by Gasteiger charge is -2.23. The van der Waals surface area contributed by atoms with Crippen molar-refractivity contribution in [2.75, 3.05) is 13.2 Å². The monoisotopic (exact) mass is 551 g/mol. The number of carboxylic acids is 1. The summed E-state index contributed by atoms with van der Waals surface area (Å²) in [5, 5.41) is 16.2. The van der Waals surface area contributed by atoms with Gasteiger partial charge in [0.2, 0.25) is 0 Å². The number of hydrogen-bond donors (Lipinski definition) is 4. The smallest absolute Gasteiger partial charge is 0.413 e. The number of rotatable bonds is 11. The van der Waals surface area contributed by atoms with Crippen LogP contribution in [0.4, 0.5) is 14.4 Å². The van der Waals surface area contributed by atoms with Crippen LogP contribution in [-0.4, -0.2) is 71.8 Å². The van der Waals surface area contributed by atoms with Crippen molar-refractivity contribution >= 4 is 30.2 Å². The molecule has 1 aromatic carbocycles. The maximum atomic E-state index is 12.4. The molecule has 0 aliphatic rings. The highest BCUT2D eigenvalue weighted by Gasteiger charge is 2.26. The van der Waals surface area contributed by atoms with Crippen molar-refractivity contribution in [1.29, 1.82) is 0 Å². The molecule has 1 rings (SSSR count). The van der Waals surface area contributed by atoms with E-state index in [1.807, 2.05) is 0 Å². The number of aliphatic carboxylic acids is 1. The molecule has 0 fully saturated rings. The Labute approximate surface area is 227 Å². The van der Waals surface area contributed by atoms with Crippen LogP contribution in [0.5, 0.6) is 5.75 Å². The minimum Gasteiger partial charge on any atom is -0.480 e. The van der Waals surface area contributed by atoms with Crippen molar-refractivity contribution in [1.82, 2.24) is 16.0 Å². The lowest BCUT2D eigenvalue weighted by molar-refractivity contribution is -0.145. The average Bonchev–Trinajstić information content (AvgIpc) is 2.78. The first-order valence-corrected chi connectivity index (χ1v) is 12.0. The lowest BCUT2D eigenvalue weighted by atomic mass is 10.1. The number of esters is 1. The van der Waals surface area contributed by atoms with Gasteiger partial charge in [-0.25, -0.2) is 24.0 Å². The van der Waals surface area contributed by atoms with Crippen LogP contribution in [0, 0.1) is 0 Å². The molecule has 13 heteroatoms. The number of hydrogen-bond acceptors (Lipinski definition) is 9. The number of nitrogens with one attached hydrogen (secondary N) is 3. The lowest BCUT2D eigenvalue weighted by Crippen LogP contribution is -2.49. The van der Waals surface area contributed by atoms with Gasteiger partial charge in [0.15, 0.2) is 0 Å². The topological polar surface area (TPSA) is 179 Å². The molecule has 2 atom stereocenters. The number of benzene rings is 1. The van der Waals surface area contributed by atoms with Gasteiger partial charge >= 0.3 is 30.2 Å². The molecular weight excluding hydrogens is 514 g/mol. The van der Waals surface area contributed by atoms with E-state index in [0.717, 1.165) is 0 Å². The van der Waals surface area contributed by atoms with E-state index < -0.39 is 60.0 Å². The molecule has 1 aromatic rings. The van der Waals surface area contributed by atoms with E-state index in [2.05, 4.69) is 22.5 Å². The Bertz CT molecular complexity index is 1030. The second-order valence-corrected chi connectivity index (χ2v) is 10.3. The molecule has 0 aromatic heterocycles. The highest BCUT2D eigenvalue weighted by molar-refractivity contribution is 5.82. The molecule has 0 spiro atoms. The van der Waals surface area contributed by atoms with E-state index in [1.165, 1.54) is 18.2 Å². The van der Waals surface area contributed by atoms with Crippen LogP contribution < -0.4 is 20.7 Å². The van der Waals surface area contributed by atoms with Crippen LogP contribution >= 0.6 is 0 Å². The number of amides is 3. The Morgan fingerprint density at radius 2 is 1.41 bits per heavy atom. The molecule has 13 nitrogen and oxygen atoms in total. The summed E-state index contributed by atoms with van der Waals surface area (Å²) >= 11 is 0. The highest BCUT2D eigenvalue weighted by Crippen LogP contribution is 2.15. The van der Waals surface area contributed by atoms with Crippen molar-refractivity contribution in [3.05, 3.63) is 42.5 Å². The predicted molar refractivity (Wildman–Crippen MR) is 139 cm³/mol. The number of alkyl carbamates (subject to hydrolysis) is 2. The Morgan fingerprint density at radius 1 is 0.872 bits per heavy atom. The first kappa shape index (κ1) is 32.7. The Balaban J connectivity index is 2.78. The second kappa shape index (κ2) is 14.6. The third-order valence-corrected chi connectivity index (χ3v) is 4.33. The Hall–Kier alpha value is -4.29. The van der Waals surface area contributed by atoms with Crippen LogP contribution in [0.2, 0.25) is 0 Å². The van der Waals surface area contributed by atoms with Crippen molar-refractivity contribution in [2.45, 2.75) is 71.2 Å². The quantitative estimate of drug-likeness (QED) is 0.181. The fourth-order valence-electron chi connectivity index (χ4n) is 2.79. The van der Waals surface area contributed by atoms with Crippen molar-refractivity contribution < 1.29 is 48.0 Å². The molecular formula is C26H37N3O10. The maximum absolute atomic E-state index is 12.4. The zero-order chi connectivity index (χ0) is 29.8. The van der Waals surface area contributed by atoms with E-state index >= 15 is 0 Å². The van der Waals surface area contributed by atoms with Gasteiger partial charge in [0.05, 0.1) is 6.54 Å².